The van der Waals surface area contributed by atoms with Crippen LogP contribution in [-0.4, -0.2) is 65.7 Å². The fraction of sp³-hybridized carbons (Fsp3) is 0.429. The Morgan fingerprint density at radius 2 is 2.07 bits per heavy atom. The second-order valence-electron chi connectivity index (χ2n) is 7.29. The molecule has 0 bridgehead atoms. The van der Waals surface area contributed by atoms with E-state index in [0.29, 0.717) is 0 Å². The fourth-order valence-corrected chi connectivity index (χ4v) is 3.88. The average Bonchev–Trinajstić information content (AvgIpc) is 3.37. The maximum Gasteiger partial charge on any atom is 0.193 e. The maximum atomic E-state index is 4.92. The number of hydrogen-bond acceptors (Lipinski definition) is 4. The van der Waals surface area contributed by atoms with Crippen LogP contribution >= 0.6 is 24.0 Å². The van der Waals surface area contributed by atoms with Crippen LogP contribution in [-0.2, 0) is 13.0 Å². The van der Waals surface area contributed by atoms with Gasteiger partial charge in [-0.3, -0.25) is 9.89 Å². The second-order valence-corrected chi connectivity index (χ2v) is 7.29. The number of aromatic nitrogens is 2. The van der Waals surface area contributed by atoms with Crippen molar-refractivity contribution < 1.29 is 4.52 Å². The van der Waals surface area contributed by atoms with E-state index >= 15 is 0 Å². The number of nitrogens with one attached hydrogen (secondary N) is 2. The summed E-state index contributed by atoms with van der Waals surface area (Å²) in [6, 6.07) is 8.39. The van der Waals surface area contributed by atoms with Crippen LogP contribution in [0.4, 0.5) is 0 Å². The molecule has 1 aliphatic heterocycles. The van der Waals surface area contributed by atoms with Crippen molar-refractivity contribution in [3.05, 3.63) is 53.5 Å². The fourth-order valence-electron chi connectivity index (χ4n) is 3.88. The lowest BCUT2D eigenvalue weighted by molar-refractivity contribution is 0.169. The van der Waals surface area contributed by atoms with Crippen molar-refractivity contribution >= 4 is 40.8 Å². The first kappa shape index (κ1) is 21.6. The van der Waals surface area contributed by atoms with Gasteiger partial charge in [0, 0.05) is 69.5 Å². The smallest absolute Gasteiger partial charge is 0.193 e. The summed E-state index contributed by atoms with van der Waals surface area (Å²) in [4.78, 5) is 12.6. The quantitative estimate of drug-likeness (QED) is 0.315. The van der Waals surface area contributed by atoms with Gasteiger partial charge < -0.3 is 19.7 Å². The number of para-hydroxylation sites is 1. The molecule has 2 N–H and O–H groups in total. The molecule has 0 unspecified atom stereocenters. The summed E-state index contributed by atoms with van der Waals surface area (Å²) < 4.78 is 4.92. The zero-order chi connectivity index (χ0) is 19.3. The van der Waals surface area contributed by atoms with Gasteiger partial charge in [-0.15, -0.1) is 24.0 Å². The monoisotopic (exact) mass is 508 g/mol. The predicted molar refractivity (Wildman–Crippen MR) is 127 cm³/mol. The van der Waals surface area contributed by atoms with E-state index in [9.17, 15) is 0 Å². The molecule has 1 aromatic carbocycles. The van der Waals surface area contributed by atoms with Crippen LogP contribution in [0.15, 0.2) is 46.2 Å². The minimum absolute atomic E-state index is 0. The first-order valence-electron chi connectivity index (χ1n) is 9.87. The van der Waals surface area contributed by atoms with E-state index in [1.807, 2.05) is 13.1 Å². The molecule has 3 heterocycles. The summed E-state index contributed by atoms with van der Waals surface area (Å²) in [7, 11) is 1.86. The summed E-state index contributed by atoms with van der Waals surface area (Å²) in [5.41, 5.74) is 4.87. The molecule has 3 aromatic rings. The molecule has 0 atom stereocenters. The minimum atomic E-state index is 0. The Kier molecular flexibility index (Phi) is 7.54. The van der Waals surface area contributed by atoms with Crippen LogP contribution in [0, 0.1) is 6.92 Å². The molecule has 0 aliphatic carbocycles. The van der Waals surface area contributed by atoms with Gasteiger partial charge in [0.2, 0.25) is 0 Å². The predicted octanol–water partition coefficient (Wildman–Crippen LogP) is 3.02. The molecule has 29 heavy (non-hydrogen) atoms. The van der Waals surface area contributed by atoms with Gasteiger partial charge in [0.1, 0.15) is 6.26 Å². The lowest BCUT2D eigenvalue weighted by Crippen LogP contribution is -2.52. The zero-order valence-electron chi connectivity index (χ0n) is 17.0. The molecule has 8 heteroatoms. The van der Waals surface area contributed by atoms with E-state index in [4.69, 9.17) is 4.52 Å². The summed E-state index contributed by atoms with van der Waals surface area (Å²) in [5, 5.41) is 8.85. The van der Waals surface area contributed by atoms with Gasteiger partial charge in [-0.1, -0.05) is 23.4 Å². The van der Waals surface area contributed by atoms with E-state index in [1.165, 1.54) is 22.0 Å². The highest BCUT2D eigenvalue weighted by atomic mass is 127. The van der Waals surface area contributed by atoms with Crippen molar-refractivity contribution in [2.24, 2.45) is 4.99 Å². The number of hydrogen-bond donors (Lipinski definition) is 2. The Morgan fingerprint density at radius 1 is 1.24 bits per heavy atom. The van der Waals surface area contributed by atoms with Crippen molar-refractivity contribution in [3.63, 3.8) is 0 Å². The van der Waals surface area contributed by atoms with Crippen molar-refractivity contribution in [1.29, 1.82) is 0 Å². The molecule has 0 saturated carbocycles. The molecule has 0 radical (unpaired) electrons. The van der Waals surface area contributed by atoms with Gasteiger partial charge in [-0.05, 0) is 24.5 Å². The summed E-state index contributed by atoms with van der Waals surface area (Å²) in [6.45, 7) is 7.77. The van der Waals surface area contributed by atoms with Crippen LogP contribution in [0.1, 0.15) is 16.8 Å². The number of guanidine groups is 1. The number of aryl methyl sites for hydroxylation is 1. The molecule has 1 saturated heterocycles. The Bertz CT molecular complexity index is 928. The molecule has 7 nitrogen and oxygen atoms in total. The van der Waals surface area contributed by atoms with E-state index in [-0.39, 0.29) is 24.0 Å². The Hall–Kier alpha value is -2.07. The standard InChI is InChI=1S/C21H28N6O.HI/c1-16-4-3-5-19-17(14-24-20(16)19)6-8-23-21(22-2)27-11-9-26(10-12-27)15-18-7-13-28-25-18;/h3-5,7,13-14,24H,6,8-12,15H2,1-2H3,(H,22,23);1H. The highest BCUT2D eigenvalue weighted by molar-refractivity contribution is 14.0. The van der Waals surface area contributed by atoms with Crippen LogP contribution in [0.25, 0.3) is 10.9 Å². The normalized spacial score (nSPS) is 15.5. The van der Waals surface area contributed by atoms with Crippen LogP contribution in [0.3, 0.4) is 0 Å². The zero-order valence-corrected chi connectivity index (χ0v) is 19.3. The molecule has 1 fully saturated rings. The van der Waals surface area contributed by atoms with Crippen LogP contribution in [0.2, 0.25) is 0 Å². The number of halogens is 1. The molecule has 2 aromatic heterocycles. The number of fused-ring (bicyclic) bond motifs is 1. The molecule has 4 rings (SSSR count). The van der Waals surface area contributed by atoms with Gasteiger partial charge in [-0.2, -0.15) is 0 Å². The molecule has 0 spiro atoms. The second kappa shape index (κ2) is 10.1. The Balaban J connectivity index is 0.00000240. The number of aromatic amines is 1. The number of benzene rings is 1. The van der Waals surface area contributed by atoms with Gasteiger partial charge in [0.05, 0.1) is 5.69 Å². The highest BCUT2D eigenvalue weighted by Crippen LogP contribution is 2.21. The average molecular weight is 508 g/mol. The topological polar surface area (TPSA) is 72.7 Å². The first-order valence-corrected chi connectivity index (χ1v) is 9.87. The molecule has 0 amide bonds. The highest BCUT2D eigenvalue weighted by Gasteiger charge is 2.20. The third kappa shape index (κ3) is 5.11. The summed E-state index contributed by atoms with van der Waals surface area (Å²) in [5.74, 6) is 0.983. The van der Waals surface area contributed by atoms with Crippen LogP contribution in [0.5, 0.6) is 0 Å². The molecule has 156 valence electrons. The summed E-state index contributed by atoms with van der Waals surface area (Å²) >= 11 is 0. The Morgan fingerprint density at radius 3 is 2.79 bits per heavy atom. The third-order valence-corrected chi connectivity index (χ3v) is 5.45. The van der Waals surface area contributed by atoms with E-state index < -0.39 is 0 Å². The molecule has 1 aliphatic rings. The maximum absolute atomic E-state index is 4.92. The van der Waals surface area contributed by atoms with Gasteiger partial charge in [0.15, 0.2) is 5.96 Å². The number of nitrogens with zero attached hydrogens (tertiary/aromatic N) is 4. The van der Waals surface area contributed by atoms with Gasteiger partial charge in [0.25, 0.3) is 0 Å². The number of aliphatic imine (C=N–C) groups is 1. The number of H-pyrrole nitrogens is 1. The van der Waals surface area contributed by atoms with E-state index in [1.54, 1.807) is 6.26 Å². The lowest BCUT2D eigenvalue weighted by Gasteiger charge is -2.36. The van der Waals surface area contributed by atoms with E-state index in [2.05, 4.69) is 61.6 Å². The minimum Gasteiger partial charge on any atom is -0.364 e. The largest absolute Gasteiger partial charge is 0.364 e. The lowest BCUT2D eigenvalue weighted by atomic mass is 10.1. The van der Waals surface area contributed by atoms with Crippen molar-refractivity contribution in [2.45, 2.75) is 19.9 Å². The van der Waals surface area contributed by atoms with Crippen molar-refractivity contribution in [3.8, 4) is 0 Å². The van der Waals surface area contributed by atoms with Gasteiger partial charge in [-0.25, -0.2) is 0 Å². The molecular formula is C21H29IN6O. The first-order chi connectivity index (χ1) is 13.7. The third-order valence-electron chi connectivity index (χ3n) is 5.45. The summed E-state index contributed by atoms with van der Waals surface area (Å²) in [6.07, 6.45) is 4.73. The Labute approximate surface area is 188 Å². The van der Waals surface area contributed by atoms with E-state index in [0.717, 1.165) is 57.3 Å². The molecular weight excluding hydrogens is 479 g/mol. The van der Waals surface area contributed by atoms with Gasteiger partial charge >= 0.3 is 0 Å². The van der Waals surface area contributed by atoms with Crippen molar-refractivity contribution in [1.82, 2.24) is 25.3 Å². The number of piperazine rings is 1. The SMILES string of the molecule is CN=C(NCCc1c[nH]c2c(C)cccc12)N1CCN(Cc2ccon2)CC1.I. The number of rotatable bonds is 5. The van der Waals surface area contributed by atoms with Crippen LogP contribution < -0.4 is 5.32 Å². The van der Waals surface area contributed by atoms with Crippen molar-refractivity contribution in [2.75, 3.05) is 39.8 Å².